The summed E-state index contributed by atoms with van der Waals surface area (Å²) in [6, 6.07) is 8.80. The summed E-state index contributed by atoms with van der Waals surface area (Å²) < 4.78 is 0. The van der Waals surface area contributed by atoms with Crippen molar-refractivity contribution in [1.29, 1.82) is 0 Å². The Morgan fingerprint density at radius 3 is 2.00 bits per heavy atom. The third kappa shape index (κ3) is 5.96. The lowest BCUT2D eigenvalue weighted by atomic mass is 9.88. The molecule has 0 radical (unpaired) electrons. The van der Waals surface area contributed by atoms with E-state index in [0.717, 1.165) is 38.5 Å². The summed E-state index contributed by atoms with van der Waals surface area (Å²) >= 11 is 0. The number of hydrogen-bond acceptors (Lipinski definition) is 1. The highest BCUT2D eigenvalue weighted by molar-refractivity contribution is 5.77. The number of aryl methyl sites for hydroxylation is 2. The molecule has 0 aliphatic heterocycles. The van der Waals surface area contributed by atoms with Crippen molar-refractivity contribution in [1.82, 2.24) is 0 Å². The predicted octanol–water partition coefficient (Wildman–Crippen LogP) is 6.02. The van der Waals surface area contributed by atoms with Gasteiger partial charge in [-0.15, -0.1) is 0 Å². The number of benzene rings is 1. The minimum Gasteiger partial charge on any atom is -0.481 e. The predicted molar refractivity (Wildman–Crippen MR) is 100 cm³/mol. The van der Waals surface area contributed by atoms with E-state index < -0.39 is 5.97 Å². The summed E-state index contributed by atoms with van der Waals surface area (Å²) in [5, 5.41) is 9.24. The molecule has 0 atom stereocenters. The van der Waals surface area contributed by atoms with Crippen LogP contribution in [0, 0.1) is 10.8 Å². The Bertz CT molecular complexity index is 535. The molecular formula is C22H34O2. The van der Waals surface area contributed by atoms with Crippen LogP contribution in [-0.4, -0.2) is 11.1 Å². The maximum absolute atomic E-state index is 11.2. The third-order valence-corrected chi connectivity index (χ3v) is 5.40. The molecule has 1 aliphatic carbocycles. The number of carboxylic acids is 1. The summed E-state index contributed by atoms with van der Waals surface area (Å²) in [5.74, 6) is -0.582. The quantitative estimate of drug-likeness (QED) is 0.532. The van der Waals surface area contributed by atoms with Gasteiger partial charge < -0.3 is 5.11 Å². The number of carbonyl (C=O) groups is 1. The van der Waals surface area contributed by atoms with Crippen LogP contribution >= 0.6 is 0 Å². The normalized spacial score (nSPS) is 16.1. The van der Waals surface area contributed by atoms with Gasteiger partial charge in [0.25, 0.3) is 0 Å². The molecular weight excluding hydrogens is 296 g/mol. The van der Waals surface area contributed by atoms with Gasteiger partial charge in [0.1, 0.15) is 0 Å². The van der Waals surface area contributed by atoms with Crippen LogP contribution in [0.5, 0.6) is 0 Å². The summed E-state index contributed by atoms with van der Waals surface area (Å²) in [6.07, 6.45) is 10.9. The fourth-order valence-electron chi connectivity index (χ4n) is 3.52. The average Bonchev–Trinajstić information content (AvgIpc) is 3.29. The van der Waals surface area contributed by atoms with Gasteiger partial charge in [-0.25, -0.2) is 0 Å². The summed E-state index contributed by atoms with van der Waals surface area (Å²) in [5.41, 5.74) is 3.04. The van der Waals surface area contributed by atoms with E-state index in [4.69, 9.17) is 0 Å². The largest absolute Gasteiger partial charge is 0.481 e. The smallest absolute Gasteiger partial charge is 0.309 e. The van der Waals surface area contributed by atoms with Crippen molar-refractivity contribution in [2.45, 2.75) is 85.0 Å². The van der Waals surface area contributed by atoms with Gasteiger partial charge in [-0.2, -0.15) is 0 Å². The molecule has 1 aromatic rings. The molecule has 1 N–H and O–H groups in total. The van der Waals surface area contributed by atoms with Crippen LogP contribution < -0.4 is 0 Å². The first kappa shape index (κ1) is 19.0. The van der Waals surface area contributed by atoms with E-state index in [1.807, 2.05) is 0 Å². The van der Waals surface area contributed by atoms with Crippen LogP contribution in [0.2, 0.25) is 0 Å². The van der Waals surface area contributed by atoms with Crippen LogP contribution in [0.1, 0.15) is 83.3 Å². The number of rotatable bonds is 10. The minimum absolute atomic E-state index is 0.355. The highest BCUT2D eigenvalue weighted by Gasteiger charge is 2.49. The molecule has 134 valence electrons. The highest BCUT2D eigenvalue weighted by atomic mass is 16.4. The van der Waals surface area contributed by atoms with Crippen LogP contribution in [0.25, 0.3) is 0 Å². The van der Waals surface area contributed by atoms with Crippen molar-refractivity contribution in [2.75, 3.05) is 0 Å². The van der Waals surface area contributed by atoms with E-state index >= 15 is 0 Å². The number of unbranched alkanes of at least 4 members (excludes halogenated alkanes) is 2. The average molecular weight is 331 g/mol. The Hall–Kier alpha value is -1.31. The lowest BCUT2D eigenvalue weighted by Crippen LogP contribution is -2.14. The fraction of sp³-hybridized carbons (Fsp3) is 0.682. The lowest BCUT2D eigenvalue weighted by molar-refractivity contribution is -0.143. The molecule has 1 fully saturated rings. The monoisotopic (exact) mass is 330 g/mol. The van der Waals surface area contributed by atoms with E-state index in [0.29, 0.717) is 5.41 Å². The Balaban J connectivity index is 1.73. The van der Waals surface area contributed by atoms with E-state index in [9.17, 15) is 9.90 Å². The van der Waals surface area contributed by atoms with Crippen LogP contribution in [0.15, 0.2) is 24.3 Å². The van der Waals surface area contributed by atoms with Crippen molar-refractivity contribution in [3.63, 3.8) is 0 Å². The standard InChI is InChI=1S/C22H34O2/c1-21(2,3)14-8-6-12-18-10-4-5-11-19(18)13-7-9-15-22(16-17-22)20(23)24/h4-5,10-11H,6-9,12-17H2,1-3H3,(H,23,24). The number of aliphatic carboxylic acids is 1. The molecule has 0 saturated heterocycles. The zero-order valence-corrected chi connectivity index (χ0v) is 15.7. The van der Waals surface area contributed by atoms with Gasteiger partial charge in [-0.05, 0) is 67.9 Å². The molecule has 2 rings (SSSR count). The molecule has 2 nitrogen and oxygen atoms in total. The summed E-state index contributed by atoms with van der Waals surface area (Å²) in [7, 11) is 0. The third-order valence-electron chi connectivity index (χ3n) is 5.40. The number of hydrogen-bond donors (Lipinski definition) is 1. The van der Waals surface area contributed by atoms with Crippen molar-refractivity contribution >= 4 is 5.97 Å². The first-order valence-corrected chi connectivity index (χ1v) is 9.63. The van der Waals surface area contributed by atoms with Crippen molar-refractivity contribution in [3.8, 4) is 0 Å². The van der Waals surface area contributed by atoms with Gasteiger partial charge in [0.2, 0.25) is 0 Å². The van der Waals surface area contributed by atoms with Crippen LogP contribution in [0.4, 0.5) is 0 Å². The van der Waals surface area contributed by atoms with E-state index in [-0.39, 0.29) is 5.41 Å². The van der Waals surface area contributed by atoms with Gasteiger partial charge in [0.15, 0.2) is 0 Å². The van der Waals surface area contributed by atoms with Crippen LogP contribution in [-0.2, 0) is 17.6 Å². The maximum Gasteiger partial charge on any atom is 0.309 e. The molecule has 0 aromatic heterocycles. The highest BCUT2D eigenvalue weighted by Crippen LogP contribution is 2.50. The fourth-order valence-corrected chi connectivity index (χ4v) is 3.52. The lowest BCUT2D eigenvalue weighted by Gasteiger charge is -2.18. The summed E-state index contributed by atoms with van der Waals surface area (Å²) in [6.45, 7) is 6.93. The van der Waals surface area contributed by atoms with Gasteiger partial charge in [0.05, 0.1) is 5.41 Å². The Morgan fingerprint density at radius 2 is 1.54 bits per heavy atom. The van der Waals surface area contributed by atoms with E-state index in [1.165, 1.54) is 36.8 Å². The van der Waals surface area contributed by atoms with E-state index in [1.54, 1.807) is 0 Å². The molecule has 0 amide bonds. The molecule has 0 bridgehead atoms. The SMILES string of the molecule is CC(C)(C)CCCCc1ccccc1CCCCC1(C(=O)O)CC1. The second-order valence-electron chi connectivity index (χ2n) is 8.83. The molecule has 24 heavy (non-hydrogen) atoms. The van der Waals surface area contributed by atoms with Gasteiger partial charge in [-0.1, -0.05) is 57.9 Å². The Kier molecular flexibility index (Phi) is 6.48. The minimum atomic E-state index is -0.582. The second kappa shape index (κ2) is 8.18. The Morgan fingerprint density at radius 1 is 1.00 bits per heavy atom. The van der Waals surface area contributed by atoms with Gasteiger partial charge in [0, 0.05) is 0 Å². The van der Waals surface area contributed by atoms with Crippen molar-refractivity contribution < 1.29 is 9.90 Å². The zero-order valence-electron chi connectivity index (χ0n) is 15.7. The van der Waals surface area contributed by atoms with Crippen LogP contribution in [0.3, 0.4) is 0 Å². The topological polar surface area (TPSA) is 37.3 Å². The molecule has 2 heteroatoms. The zero-order chi connectivity index (χ0) is 17.6. The first-order valence-electron chi connectivity index (χ1n) is 9.63. The molecule has 1 saturated carbocycles. The molecule has 0 unspecified atom stereocenters. The second-order valence-corrected chi connectivity index (χ2v) is 8.83. The molecule has 1 aliphatic rings. The maximum atomic E-state index is 11.2. The van der Waals surface area contributed by atoms with Crippen molar-refractivity contribution in [3.05, 3.63) is 35.4 Å². The van der Waals surface area contributed by atoms with E-state index in [2.05, 4.69) is 45.0 Å². The summed E-state index contributed by atoms with van der Waals surface area (Å²) in [4.78, 5) is 11.2. The van der Waals surface area contributed by atoms with Gasteiger partial charge in [-0.3, -0.25) is 4.79 Å². The van der Waals surface area contributed by atoms with Gasteiger partial charge >= 0.3 is 5.97 Å². The molecule has 0 heterocycles. The first-order chi connectivity index (χ1) is 11.3. The molecule has 0 spiro atoms. The Labute approximate surface area is 147 Å². The van der Waals surface area contributed by atoms with Crippen molar-refractivity contribution in [2.24, 2.45) is 10.8 Å². The number of carboxylic acid groups (broad SMARTS) is 1. The molecule has 1 aromatic carbocycles.